The van der Waals surface area contributed by atoms with Gasteiger partial charge in [0, 0.05) is 22.1 Å². The van der Waals surface area contributed by atoms with Crippen molar-refractivity contribution in [2.45, 2.75) is 6.92 Å². The van der Waals surface area contributed by atoms with Gasteiger partial charge in [0.1, 0.15) is 0 Å². The molecule has 0 aliphatic carbocycles. The predicted molar refractivity (Wildman–Crippen MR) is 143 cm³/mol. The number of carbonyl (C=O) groups excluding carboxylic acids is 2. The Labute approximate surface area is 209 Å². The first-order chi connectivity index (χ1) is 17.6. The molecule has 1 aromatic heterocycles. The van der Waals surface area contributed by atoms with Crippen molar-refractivity contribution in [3.63, 3.8) is 0 Å². The molecule has 6 nitrogen and oxygen atoms in total. The van der Waals surface area contributed by atoms with E-state index in [1.165, 1.54) is 0 Å². The smallest absolute Gasteiger partial charge is 0.243 e. The third-order valence-electron chi connectivity index (χ3n) is 5.79. The van der Waals surface area contributed by atoms with E-state index in [-0.39, 0.29) is 18.2 Å². The molecule has 0 atom stereocenters. The number of nitrogens with one attached hydrogen (secondary N) is 2. The number of ketones is 1. The number of para-hydroxylation sites is 1. The number of nitrogens with zero attached hydrogens (tertiary/aromatic N) is 2. The van der Waals surface area contributed by atoms with Crippen LogP contribution in [0.1, 0.15) is 21.5 Å². The van der Waals surface area contributed by atoms with Crippen molar-refractivity contribution >= 4 is 34.2 Å². The van der Waals surface area contributed by atoms with E-state index in [4.69, 9.17) is 4.98 Å². The predicted octanol–water partition coefficient (Wildman–Crippen LogP) is 5.89. The number of fused-ring (bicyclic) bond motifs is 1. The average molecular weight is 473 g/mol. The van der Waals surface area contributed by atoms with E-state index in [9.17, 15) is 9.59 Å². The molecule has 0 fully saturated rings. The van der Waals surface area contributed by atoms with Gasteiger partial charge in [-0.15, -0.1) is 0 Å². The van der Waals surface area contributed by atoms with Crippen molar-refractivity contribution in [2.24, 2.45) is 0 Å². The van der Waals surface area contributed by atoms with Crippen LogP contribution < -0.4 is 10.6 Å². The Balaban J connectivity index is 1.36. The number of aryl methyl sites for hydroxylation is 1. The van der Waals surface area contributed by atoms with Crippen LogP contribution >= 0.6 is 0 Å². The monoisotopic (exact) mass is 472 g/mol. The van der Waals surface area contributed by atoms with Gasteiger partial charge in [-0.1, -0.05) is 84.4 Å². The number of benzene rings is 4. The minimum Gasteiger partial charge on any atom is -0.345 e. The fourth-order valence-corrected chi connectivity index (χ4v) is 4.03. The molecule has 6 heteroatoms. The molecule has 5 rings (SSSR count). The molecular weight excluding hydrogens is 448 g/mol. The van der Waals surface area contributed by atoms with Crippen molar-refractivity contribution in [3.05, 3.63) is 120 Å². The molecule has 36 heavy (non-hydrogen) atoms. The molecule has 0 aliphatic rings. The number of hydrogen-bond donors (Lipinski definition) is 2. The third-order valence-corrected chi connectivity index (χ3v) is 5.79. The lowest BCUT2D eigenvalue weighted by Crippen LogP contribution is -2.24. The Hall–Kier alpha value is -4.84. The minimum absolute atomic E-state index is 0.0561. The first kappa shape index (κ1) is 22.9. The number of rotatable bonds is 7. The average Bonchev–Trinajstić information content (AvgIpc) is 2.92. The van der Waals surface area contributed by atoms with Gasteiger partial charge in [0.25, 0.3) is 0 Å². The Morgan fingerprint density at radius 2 is 1.47 bits per heavy atom. The van der Waals surface area contributed by atoms with Crippen molar-refractivity contribution in [3.8, 4) is 11.3 Å². The summed E-state index contributed by atoms with van der Waals surface area (Å²) in [6, 6.07) is 31.9. The summed E-state index contributed by atoms with van der Waals surface area (Å²) < 4.78 is 0. The van der Waals surface area contributed by atoms with Gasteiger partial charge < -0.3 is 10.6 Å². The zero-order chi connectivity index (χ0) is 24.9. The summed E-state index contributed by atoms with van der Waals surface area (Å²) >= 11 is 0. The standard InChI is InChI=1S/C30H24N4O2/c1-20-16-17-26-24(18-20)28(21-10-4-2-5-11-21)34-30(33-26)31-19-27(35)32-25-15-9-8-14-23(25)29(36)22-12-6-3-7-13-22/h2-18H,19H2,1H3,(H,32,35)(H,31,33,34). The van der Waals surface area contributed by atoms with E-state index >= 15 is 0 Å². The summed E-state index contributed by atoms with van der Waals surface area (Å²) in [6.07, 6.45) is 0. The van der Waals surface area contributed by atoms with Gasteiger partial charge in [0.15, 0.2) is 5.78 Å². The molecule has 2 N–H and O–H groups in total. The molecule has 0 radical (unpaired) electrons. The first-order valence-electron chi connectivity index (χ1n) is 11.6. The molecule has 5 aromatic rings. The lowest BCUT2D eigenvalue weighted by atomic mass is 10.0. The minimum atomic E-state index is -0.308. The summed E-state index contributed by atoms with van der Waals surface area (Å²) in [5, 5.41) is 6.84. The molecule has 0 saturated carbocycles. The molecule has 1 heterocycles. The van der Waals surface area contributed by atoms with Crippen LogP contribution in [0.2, 0.25) is 0 Å². The van der Waals surface area contributed by atoms with Crippen LogP contribution in [0.3, 0.4) is 0 Å². The van der Waals surface area contributed by atoms with E-state index in [0.29, 0.717) is 22.8 Å². The van der Waals surface area contributed by atoms with Gasteiger partial charge in [0.05, 0.1) is 23.4 Å². The van der Waals surface area contributed by atoms with E-state index in [1.807, 2.05) is 67.6 Å². The molecule has 0 spiro atoms. The second-order valence-corrected chi connectivity index (χ2v) is 8.42. The van der Waals surface area contributed by atoms with Gasteiger partial charge in [-0.3, -0.25) is 9.59 Å². The highest BCUT2D eigenvalue weighted by molar-refractivity contribution is 6.14. The van der Waals surface area contributed by atoms with Gasteiger partial charge in [0.2, 0.25) is 11.9 Å². The Morgan fingerprint density at radius 1 is 0.778 bits per heavy atom. The summed E-state index contributed by atoms with van der Waals surface area (Å²) in [7, 11) is 0. The summed E-state index contributed by atoms with van der Waals surface area (Å²) in [4.78, 5) is 35.1. The summed E-state index contributed by atoms with van der Waals surface area (Å²) in [5.74, 6) is -0.105. The molecule has 0 bridgehead atoms. The zero-order valence-corrected chi connectivity index (χ0v) is 19.7. The van der Waals surface area contributed by atoms with Gasteiger partial charge in [-0.05, 0) is 31.2 Å². The van der Waals surface area contributed by atoms with Crippen LogP contribution in [0.25, 0.3) is 22.2 Å². The fourth-order valence-electron chi connectivity index (χ4n) is 4.03. The van der Waals surface area contributed by atoms with Gasteiger partial charge >= 0.3 is 0 Å². The number of amides is 1. The topological polar surface area (TPSA) is 84.0 Å². The normalized spacial score (nSPS) is 10.7. The van der Waals surface area contributed by atoms with Crippen LogP contribution in [0.4, 0.5) is 11.6 Å². The molecule has 0 unspecified atom stereocenters. The quantitative estimate of drug-likeness (QED) is 0.289. The maximum Gasteiger partial charge on any atom is 0.243 e. The zero-order valence-electron chi connectivity index (χ0n) is 19.7. The lowest BCUT2D eigenvalue weighted by Gasteiger charge is -2.13. The maximum atomic E-state index is 13.0. The highest BCUT2D eigenvalue weighted by Crippen LogP contribution is 2.28. The van der Waals surface area contributed by atoms with Crippen LogP contribution in [0.15, 0.2) is 103 Å². The highest BCUT2D eigenvalue weighted by Gasteiger charge is 2.16. The van der Waals surface area contributed by atoms with Crippen molar-refractivity contribution in [1.29, 1.82) is 0 Å². The molecule has 4 aromatic carbocycles. The lowest BCUT2D eigenvalue weighted by molar-refractivity contribution is -0.114. The van der Waals surface area contributed by atoms with E-state index in [2.05, 4.69) is 21.7 Å². The summed E-state index contributed by atoms with van der Waals surface area (Å²) in [6.45, 7) is 1.98. The number of aromatic nitrogens is 2. The van der Waals surface area contributed by atoms with Crippen molar-refractivity contribution < 1.29 is 9.59 Å². The SMILES string of the molecule is Cc1ccc2nc(NCC(=O)Nc3ccccc3C(=O)c3ccccc3)nc(-c3ccccc3)c2c1. The van der Waals surface area contributed by atoms with Crippen LogP contribution in [-0.2, 0) is 4.79 Å². The van der Waals surface area contributed by atoms with E-state index in [0.717, 1.165) is 27.7 Å². The van der Waals surface area contributed by atoms with Gasteiger partial charge in [-0.2, -0.15) is 0 Å². The van der Waals surface area contributed by atoms with Crippen molar-refractivity contribution in [2.75, 3.05) is 17.2 Å². The molecule has 1 amide bonds. The van der Waals surface area contributed by atoms with E-state index in [1.54, 1.807) is 36.4 Å². The largest absolute Gasteiger partial charge is 0.345 e. The highest BCUT2D eigenvalue weighted by atomic mass is 16.2. The second kappa shape index (κ2) is 10.2. The molecule has 176 valence electrons. The second-order valence-electron chi connectivity index (χ2n) is 8.42. The van der Waals surface area contributed by atoms with Gasteiger partial charge in [-0.25, -0.2) is 9.97 Å². The maximum absolute atomic E-state index is 13.0. The van der Waals surface area contributed by atoms with Crippen LogP contribution in [0, 0.1) is 6.92 Å². The number of anilines is 2. The van der Waals surface area contributed by atoms with E-state index < -0.39 is 0 Å². The third kappa shape index (κ3) is 4.98. The van der Waals surface area contributed by atoms with Crippen molar-refractivity contribution in [1.82, 2.24) is 9.97 Å². The Kier molecular flexibility index (Phi) is 6.49. The number of hydrogen-bond acceptors (Lipinski definition) is 5. The summed E-state index contributed by atoms with van der Waals surface area (Å²) in [5.41, 5.74) is 5.12. The first-order valence-corrected chi connectivity index (χ1v) is 11.6. The molecule has 0 saturated heterocycles. The molecular formula is C30H24N4O2. The van der Waals surface area contributed by atoms with Crippen LogP contribution in [0.5, 0.6) is 0 Å². The Bertz CT molecular complexity index is 1550. The fraction of sp³-hybridized carbons (Fsp3) is 0.0667. The Morgan fingerprint density at radius 3 is 2.25 bits per heavy atom. The molecule has 0 aliphatic heterocycles. The number of carbonyl (C=O) groups is 2. The van der Waals surface area contributed by atoms with Crippen LogP contribution in [-0.4, -0.2) is 28.2 Å².